The zero-order chi connectivity index (χ0) is 109. The number of aromatic hydroxyl groups is 8. The van der Waals surface area contributed by atoms with Crippen molar-refractivity contribution in [2.75, 3.05) is 47.8 Å². The lowest BCUT2D eigenvalue weighted by molar-refractivity contribution is -0.247. The van der Waals surface area contributed by atoms with E-state index >= 15 is 0 Å². The molecular formula is C105H110N4O41. The number of aliphatic hydroxyl groups is 10. The number of phenols is 8. The maximum atomic E-state index is 13.6. The predicted molar refractivity (Wildman–Crippen MR) is 508 cm³/mol. The fourth-order valence-electron chi connectivity index (χ4n) is 22.0. The average Bonchev–Trinajstić information content (AvgIpc) is 0.720. The zero-order valence-electron chi connectivity index (χ0n) is 81.5. The first-order chi connectivity index (χ1) is 70.9. The number of methoxy groups -OCH3 is 3. The van der Waals surface area contributed by atoms with Crippen LogP contribution in [-0.2, 0) is 82.8 Å². The molecule has 26 N–H and O–H groups in total. The van der Waals surface area contributed by atoms with Gasteiger partial charge in [0.15, 0.2) is 77.2 Å². The van der Waals surface area contributed by atoms with Crippen molar-refractivity contribution in [3.63, 3.8) is 0 Å². The van der Waals surface area contributed by atoms with Crippen LogP contribution in [0.2, 0.25) is 0 Å². The second-order valence-electron chi connectivity index (χ2n) is 39.4. The molecule has 4 fully saturated rings. The minimum absolute atomic E-state index is 0.00588. The molecule has 4 saturated heterocycles. The van der Waals surface area contributed by atoms with Gasteiger partial charge in [-0.2, -0.15) is 0 Å². The summed E-state index contributed by atoms with van der Waals surface area (Å²) in [7, 11) is 3.98. The minimum atomic E-state index is -2.24. The van der Waals surface area contributed by atoms with Gasteiger partial charge in [0.2, 0.25) is 17.3 Å². The lowest BCUT2D eigenvalue weighted by atomic mass is 9.72. The number of phenolic OH excluding ortho intramolecular Hbond substituents is 8. The summed E-state index contributed by atoms with van der Waals surface area (Å²) in [6.45, 7) is 3.25. The summed E-state index contributed by atoms with van der Waals surface area (Å²) >= 11 is 0. The number of rotatable bonds is 17. The number of aliphatic hydroxyl groups excluding tert-OH is 6. The molecule has 8 aliphatic carbocycles. The van der Waals surface area contributed by atoms with E-state index in [1.165, 1.54) is 102 Å². The van der Waals surface area contributed by atoms with Gasteiger partial charge in [0.1, 0.15) is 98.9 Å². The van der Waals surface area contributed by atoms with Gasteiger partial charge in [-0.05, 0) is 45.9 Å². The van der Waals surface area contributed by atoms with Gasteiger partial charge >= 0.3 is 0 Å². The highest BCUT2D eigenvalue weighted by Crippen LogP contribution is 2.59. The third kappa shape index (κ3) is 18.2. The van der Waals surface area contributed by atoms with Crippen molar-refractivity contribution in [2.45, 2.75) is 238 Å². The van der Waals surface area contributed by atoms with Crippen molar-refractivity contribution in [3.05, 3.63) is 212 Å². The number of ketones is 12. The van der Waals surface area contributed by atoms with Gasteiger partial charge in [-0.25, -0.2) is 0 Å². The lowest BCUT2D eigenvalue weighted by Crippen LogP contribution is -2.53. The molecule has 4 heterocycles. The quantitative estimate of drug-likeness (QED) is 0.0571. The van der Waals surface area contributed by atoms with E-state index in [1.54, 1.807) is 26.0 Å². The Balaban J connectivity index is 0.000000136. The first-order valence-electron chi connectivity index (χ1n) is 47.9. The Bertz CT molecular complexity index is 6990. The standard InChI is InChI=1S/C27H29NO11.C26H27NO11.C26H27NO10.C26H27NO9/c1-10-22(31)13(28)6-17(38-10)39-15-8-27(36,16(30)9-29)7-12-19(15)26(35)21-20(24(12)33)23(32)11-4-3-5-14(37-2)18(11)25(21)34;1-36-14-4-2-3-10-18(14)24(33)21-20(22(10)31)23(32)11-6-26(35,16(30)8-28)7-15(19(11)25(21)34)38-17-5-12(27)13(29)9-37-17;1-10(28)26(34)7-12-19(16(8-26)37-17-6-13(27)14(29)9-36-17)25(33)21-20(23(12)31)22(30)11-4-3-5-15(35-2)18(11)24(21)32;1-10-21(29)15(27)7-17(35-10)36-16-9-26(34,11(2)28)8-14-18(16)25(33)20-19(24(14)32)22(30)12-5-3-4-6-13(12)23(20)31/h3-5,10,13,15,17,22,29,31,33,35-36H,6-9,28H2,1-2H3;2-4,12-13,15,17,28-29,32,34-35H,5-9,27H2,1H3;3-5,13-14,16-17,29,31,33-34H,6-9,27H2,1-2H3;3-6,10,15-17,21,29,32-34H,7-9,27H2,1-2H3/t10-,13-,15-,17?,22+,27-;12-,13-,15-,17?,26-;13-,14+,16-,17?,26-;10-,15-,16-,17?,21+,26-/m0000/s1. The summed E-state index contributed by atoms with van der Waals surface area (Å²) < 4.78 is 62.2. The summed E-state index contributed by atoms with van der Waals surface area (Å²) in [6.07, 6.45) is -17.6. The van der Waals surface area contributed by atoms with Crippen LogP contribution in [-0.4, -0.2) is 317 Å². The molecule has 0 radical (unpaired) electrons. The SMILES string of the molecule is CC(=O)[C@]1(O)Cc2c(O)c3c(c(O)c2[C@@H](OC2C[C@H](N)[C@H](O)[C@H](C)O2)C1)C(=O)c1ccccc1C3=O.COc1cccc2c1C(=O)c1c(O)c3c(c(O)c1C2=O)C[C@@](O)(C(=O)CO)C[C@@H]3OC1C[C@H](N)[C@@H](O)CO1.COc1cccc2c1C(=O)c1c(O)c3c(c(O)c1C2=O)C[C@@](O)(C(=O)CO)C[C@@H]3OC1C[C@H](N)[C@H](O)[C@H](C)O1.COc1cccc2c1C(=O)c1c(O)c3c(c(O)c1C2=O)C[C@@](O)(C(C)=O)C[C@@H]3OC1C[C@H](N)[C@H](O)CO1. The maximum absolute atomic E-state index is 13.6. The summed E-state index contributed by atoms with van der Waals surface area (Å²) in [4.78, 5) is 158. The molecule has 45 heteroatoms. The Morgan fingerprint density at radius 2 is 0.573 bits per heavy atom. The van der Waals surface area contributed by atoms with Crippen LogP contribution < -0.4 is 37.1 Å². The van der Waals surface area contributed by atoms with Crippen LogP contribution in [0.1, 0.15) is 275 Å². The van der Waals surface area contributed by atoms with Crippen LogP contribution in [0.25, 0.3) is 0 Å². The molecule has 0 saturated carbocycles. The molecule has 8 aromatic rings. The minimum Gasteiger partial charge on any atom is -0.507 e. The Kier molecular flexibility index (Phi) is 29.4. The smallest absolute Gasteiger partial charge is 0.202 e. The number of nitrogens with two attached hydrogens (primary N) is 4. The molecular weight excluding hydrogens is 1970 g/mol. The van der Waals surface area contributed by atoms with Gasteiger partial charge in [-0.3, -0.25) is 57.5 Å². The number of benzene rings is 8. The van der Waals surface area contributed by atoms with Gasteiger partial charge in [0.25, 0.3) is 0 Å². The number of ether oxygens (including phenoxy) is 11. The predicted octanol–water partition coefficient (Wildman–Crippen LogP) is 1.27. The van der Waals surface area contributed by atoms with Crippen molar-refractivity contribution >= 4 is 69.4 Å². The van der Waals surface area contributed by atoms with E-state index in [0.29, 0.717) is 0 Å². The Morgan fingerprint density at radius 1 is 0.333 bits per heavy atom. The van der Waals surface area contributed by atoms with Crippen LogP contribution in [0.3, 0.4) is 0 Å². The summed E-state index contributed by atoms with van der Waals surface area (Å²) in [5.41, 5.74) is 11.0. The van der Waals surface area contributed by atoms with E-state index in [1.807, 2.05) is 0 Å². The highest BCUT2D eigenvalue weighted by Gasteiger charge is 2.57. The van der Waals surface area contributed by atoms with Crippen LogP contribution in [0.4, 0.5) is 0 Å². The first kappa shape index (κ1) is 108. The van der Waals surface area contributed by atoms with Crippen molar-refractivity contribution in [1.29, 1.82) is 0 Å². The van der Waals surface area contributed by atoms with E-state index in [0.717, 1.165) is 0 Å². The first-order valence-corrected chi connectivity index (χ1v) is 47.9. The molecule has 796 valence electrons. The van der Waals surface area contributed by atoms with Gasteiger partial charge in [0.05, 0.1) is 157 Å². The number of carbonyl (C=O) groups is 12. The van der Waals surface area contributed by atoms with Crippen molar-refractivity contribution in [3.8, 4) is 63.2 Å². The molecule has 4 unspecified atom stereocenters. The summed E-state index contributed by atoms with van der Waals surface area (Å²) in [5.74, 6) is -13.8. The molecule has 20 rings (SSSR count). The molecule has 4 aliphatic heterocycles. The van der Waals surface area contributed by atoms with Crippen molar-refractivity contribution in [2.24, 2.45) is 22.9 Å². The van der Waals surface area contributed by atoms with Crippen LogP contribution in [0.5, 0.6) is 63.2 Å². The van der Waals surface area contributed by atoms with Crippen molar-refractivity contribution in [1.82, 2.24) is 0 Å². The van der Waals surface area contributed by atoms with E-state index in [-0.39, 0.29) is 169 Å². The Morgan fingerprint density at radius 3 is 0.833 bits per heavy atom. The normalized spacial score (nSPS) is 29.6. The third-order valence-electron chi connectivity index (χ3n) is 30.2. The number of carbonyl (C=O) groups excluding carboxylic acids is 12. The fraction of sp³-hybridized carbons (Fsp3) is 0.429. The molecule has 0 spiro atoms. The molecule has 0 amide bonds. The number of hydrogen-bond acceptors (Lipinski definition) is 45. The van der Waals surface area contributed by atoms with Crippen LogP contribution >= 0.6 is 0 Å². The van der Waals surface area contributed by atoms with Crippen molar-refractivity contribution < 1.29 is 202 Å². The molecule has 150 heavy (non-hydrogen) atoms. The molecule has 8 aromatic carbocycles. The van der Waals surface area contributed by atoms with Gasteiger partial charge < -0.3 is 167 Å². The Hall–Kier alpha value is -13.3. The summed E-state index contributed by atoms with van der Waals surface area (Å²) in [5, 5.41) is 194. The highest BCUT2D eigenvalue weighted by molar-refractivity contribution is 6.34. The van der Waals surface area contributed by atoms with Gasteiger partial charge in [0, 0.05) is 174 Å². The highest BCUT2D eigenvalue weighted by atomic mass is 16.7. The lowest BCUT2D eigenvalue weighted by Gasteiger charge is -2.42. The molecule has 45 nitrogen and oxygen atoms in total. The van der Waals surface area contributed by atoms with Crippen LogP contribution in [0.15, 0.2) is 78.9 Å². The maximum Gasteiger partial charge on any atom is 0.202 e. The average molecular weight is 2080 g/mol. The molecule has 0 bridgehead atoms. The zero-order valence-corrected chi connectivity index (χ0v) is 81.5. The molecule has 0 aromatic heterocycles. The second-order valence-corrected chi connectivity index (χ2v) is 39.4. The fourth-order valence-corrected chi connectivity index (χ4v) is 22.0. The monoisotopic (exact) mass is 2080 g/mol. The van der Waals surface area contributed by atoms with E-state index in [9.17, 15) is 149 Å². The largest absolute Gasteiger partial charge is 0.507 e. The second kappa shape index (κ2) is 40.8. The number of fused-ring (bicyclic) bond motifs is 12. The van der Waals surface area contributed by atoms with Gasteiger partial charge in [-0.15, -0.1) is 0 Å². The number of Topliss-reactive ketones (excluding diaryl/α,β-unsaturated/α-hetero) is 4. The molecule has 12 aliphatic rings. The van der Waals surface area contributed by atoms with E-state index in [2.05, 4.69) is 0 Å². The topological polar surface area (TPSA) is 775 Å². The van der Waals surface area contributed by atoms with E-state index in [4.69, 9.17) is 75.0 Å². The summed E-state index contributed by atoms with van der Waals surface area (Å²) in [6, 6.07) is 16.5. The van der Waals surface area contributed by atoms with E-state index < -0.39 is 333 Å². The Labute approximate surface area is 850 Å². The third-order valence-corrected chi connectivity index (χ3v) is 30.2. The number of hydrogen-bond donors (Lipinski definition) is 22. The van der Waals surface area contributed by atoms with Gasteiger partial charge in [-0.1, -0.05) is 60.7 Å². The van der Waals surface area contributed by atoms with Crippen LogP contribution in [0, 0.1) is 0 Å². The molecule has 22 atom stereocenters.